The maximum atomic E-state index is 8.33. The maximum Gasteiger partial charge on any atom is 0.0686 e. The maximum absolute atomic E-state index is 8.33. The molecule has 1 fully saturated rings. The molecule has 2 nitrogen and oxygen atoms in total. The quantitative estimate of drug-likeness (QED) is 0.529. The van der Waals surface area contributed by atoms with Gasteiger partial charge in [-0.25, -0.2) is 0 Å². The Hall–Kier alpha value is -0.550. The summed E-state index contributed by atoms with van der Waals surface area (Å²) in [6, 6.07) is 2.15. The van der Waals surface area contributed by atoms with Gasteiger partial charge in [-0.2, -0.15) is 5.26 Å². The molecule has 0 spiro atoms. The number of hydrogen-bond acceptors (Lipinski definition) is 2. The Morgan fingerprint density at radius 3 is 2.56 bits per heavy atom. The van der Waals surface area contributed by atoms with E-state index in [4.69, 9.17) is 10.00 Å². The van der Waals surface area contributed by atoms with Gasteiger partial charge >= 0.3 is 0 Å². The van der Waals surface area contributed by atoms with Crippen molar-refractivity contribution < 1.29 is 4.74 Å². The first-order valence-electron chi connectivity index (χ1n) is 3.18. The number of ether oxygens (including phenoxy) is 1. The van der Waals surface area contributed by atoms with E-state index in [0.29, 0.717) is 12.3 Å². The molecule has 0 radical (unpaired) electrons. The molecule has 9 heavy (non-hydrogen) atoms. The highest BCUT2D eigenvalue weighted by atomic mass is 16.5. The molecule has 0 saturated carbocycles. The van der Waals surface area contributed by atoms with Gasteiger partial charge in [0.15, 0.2) is 0 Å². The molecular formula is C7H11NO. The average molecular weight is 125 g/mol. The zero-order valence-electron chi connectivity index (χ0n) is 5.85. The second kappa shape index (κ2) is 2.00. The monoisotopic (exact) mass is 125 g/mol. The van der Waals surface area contributed by atoms with Gasteiger partial charge < -0.3 is 4.74 Å². The molecule has 0 aromatic rings. The first-order chi connectivity index (χ1) is 4.17. The molecule has 0 amide bonds. The van der Waals surface area contributed by atoms with E-state index in [1.807, 2.05) is 13.8 Å². The Labute approximate surface area is 55.4 Å². The van der Waals surface area contributed by atoms with Crippen LogP contribution >= 0.6 is 0 Å². The summed E-state index contributed by atoms with van der Waals surface area (Å²) in [4.78, 5) is 0. The van der Waals surface area contributed by atoms with Crippen molar-refractivity contribution in [2.75, 3.05) is 6.61 Å². The summed E-state index contributed by atoms with van der Waals surface area (Å²) < 4.78 is 5.23. The molecule has 1 atom stereocenters. The Morgan fingerprint density at radius 2 is 2.44 bits per heavy atom. The smallest absolute Gasteiger partial charge is 0.0686 e. The second-order valence-corrected chi connectivity index (χ2v) is 2.97. The molecule has 0 aliphatic carbocycles. The van der Waals surface area contributed by atoms with Crippen molar-refractivity contribution in [2.45, 2.75) is 25.9 Å². The van der Waals surface area contributed by atoms with Crippen molar-refractivity contribution in [1.82, 2.24) is 0 Å². The number of nitriles is 1. The van der Waals surface area contributed by atoms with Crippen molar-refractivity contribution in [3.63, 3.8) is 0 Å². The van der Waals surface area contributed by atoms with Crippen LogP contribution in [-0.4, -0.2) is 12.2 Å². The molecule has 1 heterocycles. The largest absolute Gasteiger partial charge is 0.375 e. The zero-order valence-corrected chi connectivity index (χ0v) is 5.85. The van der Waals surface area contributed by atoms with E-state index in [1.54, 1.807) is 0 Å². The summed E-state index contributed by atoms with van der Waals surface area (Å²) in [6.07, 6.45) is 0.632. The molecule has 0 aromatic heterocycles. The predicted molar refractivity (Wildman–Crippen MR) is 33.8 cm³/mol. The van der Waals surface area contributed by atoms with Crippen LogP contribution in [0.4, 0.5) is 0 Å². The van der Waals surface area contributed by atoms with Crippen LogP contribution in [0.5, 0.6) is 0 Å². The third-order valence-electron chi connectivity index (χ3n) is 1.98. The molecule has 1 aliphatic heterocycles. The highest BCUT2D eigenvalue weighted by molar-refractivity contribution is 4.92. The minimum absolute atomic E-state index is 0.0320. The highest BCUT2D eigenvalue weighted by Gasteiger charge is 2.39. The molecular weight excluding hydrogens is 114 g/mol. The molecule has 50 valence electrons. The lowest BCUT2D eigenvalue weighted by atomic mass is 9.84. The first-order valence-corrected chi connectivity index (χ1v) is 3.18. The van der Waals surface area contributed by atoms with Gasteiger partial charge in [0.25, 0.3) is 0 Å². The van der Waals surface area contributed by atoms with E-state index in [0.717, 1.165) is 6.61 Å². The van der Waals surface area contributed by atoms with Crippen LogP contribution in [0.25, 0.3) is 0 Å². The highest BCUT2D eigenvalue weighted by Crippen LogP contribution is 2.33. The van der Waals surface area contributed by atoms with Crippen molar-refractivity contribution >= 4 is 0 Å². The lowest BCUT2D eigenvalue weighted by molar-refractivity contribution is -0.178. The van der Waals surface area contributed by atoms with Gasteiger partial charge in [-0.15, -0.1) is 0 Å². The molecule has 0 aromatic carbocycles. The predicted octanol–water partition coefficient (Wildman–Crippen LogP) is 1.33. The fourth-order valence-corrected chi connectivity index (χ4v) is 0.949. The number of hydrogen-bond donors (Lipinski definition) is 0. The lowest BCUT2D eigenvalue weighted by Crippen LogP contribution is -2.48. The van der Waals surface area contributed by atoms with Crippen molar-refractivity contribution in [3.05, 3.63) is 0 Å². The van der Waals surface area contributed by atoms with E-state index < -0.39 is 0 Å². The molecule has 2 heteroatoms. The van der Waals surface area contributed by atoms with Crippen LogP contribution in [0.2, 0.25) is 0 Å². The lowest BCUT2D eigenvalue weighted by Gasteiger charge is -2.43. The number of rotatable bonds is 1. The van der Waals surface area contributed by atoms with Gasteiger partial charge in [-0.3, -0.25) is 0 Å². The molecule has 1 rings (SSSR count). The van der Waals surface area contributed by atoms with Gasteiger partial charge in [0.1, 0.15) is 0 Å². The second-order valence-electron chi connectivity index (χ2n) is 2.97. The van der Waals surface area contributed by atoms with Crippen LogP contribution in [0, 0.1) is 17.2 Å². The summed E-state index contributed by atoms with van der Waals surface area (Å²) in [5, 5.41) is 8.33. The van der Waals surface area contributed by atoms with Crippen LogP contribution < -0.4 is 0 Å². The van der Waals surface area contributed by atoms with Crippen LogP contribution in [-0.2, 0) is 4.74 Å². The zero-order chi connectivity index (χ0) is 6.91. The van der Waals surface area contributed by atoms with E-state index in [9.17, 15) is 0 Å². The minimum Gasteiger partial charge on any atom is -0.375 e. The Balaban J connectivity index is 2.38. The van der Waals surface area contributed by atoms with Gasteiger partial charge in [0.05, 0.1) is 18.3 Å². The third-order valence-corrected chi connectivity index (χ3v) is 1.98. The summed E-state index contributed by atoms with van der Waals surface area (Å²) in [6.45, 7) is 4.82. The van der Waals surface area contributed by atoms with Crippen LogP contribution in [0.3, 0.4) is 0 Å². The topological polar surface area (TPSA) is 33.0 Å². The Morgan fingerprint density at radius 1 is 1.78 bits per heavy atom. The van der Waals surface area contributed by atoms with Crippen molar-refractivity contribution in [1.29, 1.82) is 5.26 Å². The first kappa shape index (κ1) is 6.57. The van der Waals surface area contributed by atoms with E-state index >= 15 is 0 Å². The van der Waals surface area contributed by atoms with E-state index in [-0.39, 0.29) is 5.60 Å². The number of nitrogens with zero attached hydrogens (tertiary/aromatic N) is 1. The van der Waals surface area contributed by atoms with Gasteiger partial charge in [-0.05, 0) is 13.8 Å². The molecule has 0 N–H and O–H groups in total. The normalized spacial score (nSPS) is 30.6. The van der Waals surface area contributed by atoms with Gasteiger partial charge in [-0.1, -0.05) is 0 Å². The van der Waals surface area contributed by atoms with Gasteiger partial charge in [0.2, 0.25) is 0 Å². The summed E-state index contributed by atoms with van der Waals surface area (Å²) in [5.41, 5.74) is -0.0320. The molecule has 1 unspecified atom stereocenters. The Kier molecular flexibility index (Phi) is 1.46. The summed E-state index contributed by atoms with van der Waals surface area (Å²) in [7, 11) is 0. The van der Waals surface area contributed by atoms with Gasteiger partial charge in [0, 0.05) is 12.3 Å². The SMILES string of the molecule is CC1(C)OCC1CC#N. The van der Waals surface area contributed by atoms with E-state index in [1.165, 1.54) is 0 Å². The standard InChI is InChI=1S/C7H11NO/c1-7(2)6(3-4-8)5-9-7/h6H,3,5H2,1-2H3. The third kappa shape index (κ3) is 1.06. The Bertz CT molecular complexity index is 145. The van der Waals surface area contributed by atoms with Crippen LogP contribution in [0.1, 0.15) is 20.3 Å². The van der Waals surface area contributed by atoms with Crippen LogP contribution in [0.15, 0.2) is 0 Å². The molecule has 1 saturated heterocycles. The fraction of sp³-hybridized carbons (Fsp3) is 0.857. The van der Waals surface area contributed by atoms with E-state index in [2.05, 4.69) is 6.07 Å². The molecule has 1 aliphatic rings. The summed E-state index contributed by atoms with van der Waals surface area (Å²) in [5.74, 6) is 0.461. The minimum atomic E-state index is -0.0320. The molecule has 0 bridgehead atoms. The van der Waals surface area contributed by atoms with Crippen molar-refractivity contribution in [3.8, 4) is 6.07 Å². The fourth-order valence-electron chi connectivity index (χ4n) is 0.949. The average Bonchev–Trinajstić information content (AvgIpc) is 1.81. The summed E-state index contributed by atoms with van der Waals surface area (Å²) >= 11 is 0. The van der Waals surface area contributed by atoms with Crippen molar-refractivity contribution in [2.24, 2.45) is 5.92 Å².